The largest absolute Gasteiger partial charge is 0.461 e. The van der Waals surface area contributed by atoms with E-state index in [0.717, 1.165) is 0 Å². The van der Waals surface area contributed by atoms with Crippen LogP contribution in [0.25, 0.3) is 0 Å². The second kappa shape index (κ2) is 9.30. The first-order chi connectivity index (χ1) is 8.58. The van der Waals surface area contributed by atoms with E-state index in [0.29, 0.717) is 0 Å². The average Bonchev–Trinajstić information content (AvgIpc) is 2.38. The van der Waals surface area contributed by atoms with Gasteiger partial charge in [-0.25, -0.2) is 4.79 Å². The Morgan fingerprint density at radius 3 is 2.11 bits per heavy atom. The molecule has 1 unspecified atom stereocenters. The highest BCUT2D eigenvalue weighted by Gasteiger charge is 2.29. The summed E-state index contributed by atoms with van der Waals surface area (Å²) >= 11 is 4.92. The van der Waals surface area contributed by atoms with E-state index in [1.54, 1.807) is 0 Å². The van der Waals surface area contributed by atoms with Crippen molar-refractivity contribution in [3.05, 3.63) is 38.0 Å². The van der Waals surface area contributed by atoms with E-state index in [-0.39, 0.29) is 24.5 Å². The molecule has 0 saturated heterocycles. The minimum Gasteiger partial charge on any atom is -0.461 e. The Labute approximate surface area is 112 Å². The van der Waals surface area contributed by atoms with Gasteiger partial charge in [0.2, 0.25) is 0 Å². The molecular weight excluding hydrogens is 252 g/mol. The second-order valence-corrected chi connectivity index (χ2v) is 3.69. The highest BCUT2D eigenvalue weighted by molar-refractivity contribution is 7.82. The van der Waals surface area contributed by atoms with Gasteiger partial charge in [-0.15, -0.1) is 6.58 Å². The van der Waals surface area contributed by atoms with Gasteiger partial charge in [-0.1, -0.05) is 43.6 Å². The third-order valence-corrected chi connectivity index (χ3v) is 2.33. The number of rotatable bonds is 9. The van der Waals surface area contributed by atoms with Crippen molar-refractivity contribution in [3.8, 4) is 0 Å². The number of allylic oxidation sites excluding steroid dienone is 1. The minimum atomic E-state index is -0.852. The van der Waals surface area contributed by atoms with E-state index in [1.165, 1.54) is 18.2 Å². The van der Waals surface area contributed by atoms with Gasteiger partial charge in [0, 0.05) is 0 Å². The van der Waals surface area contributed by atoms with E-state index < -0.39 is 17.9 Å². The van der Waals surface area contributed by atoms with Crippen molar-refractivity contribution in [1.29, 1.82) is 0 Å². The highest BCUT2D eigenvalue weighted by Crippen LogP contribution is 2.11. The first kappa shape index (κ1) is 16.2. The number of hydrogen-bond donors (Lipinski definition) is 0. The summed E-state index contributed by atoms with van der Waals surface area (Å²) in [5.41, 5.74) is 0. The van der Waals surface area contributed by atoms with Crippen molar-refractivity contribution in [3.63, 3.8) is 0 Å². The maximum Gasteiger partial charge on any atom is 0.346 e. The number of carbonyl (C=O) groups is 2. The monoisotopic (exact) mass is 268 g/mol. The second-order valence-electron chi connectivity index (χ2n) is 3.25. The van der Waals surface area contributed by atoms with Crippen LogP contribution in [-0.2, 0) is 19.1 Å². The van der Waals surface area contributed by atoms with Crippen LogP contribution in [0.1, 0.15) is 6.42 Å². The lowest BCUT2D eigenvalue weighted by molar-refractivity contribution is -0.146. The molecule has 0 heterocycles. The smallest absolute Gasteiger partial charge is 0.346 e. The van der Waals surface area contributed by atoms with Gasteiger partial charge < -0.3 is 9.47 Å². The quantitative estimate of drug-likeness (QED) is 0.364. The molecule has 0 spiro atoms. The molecule has 0 saturated carbocycles. The summed E-state index contributed by atoms with van der Waals surface area (Å²) in [6.45, 7) is 10.5. The molecule has 98 valence electrons. The molecule has 0 aliphatic carbocycles. The number of ether oxygens (including phenoxy) is 2. The Morgan fingerprint density at radius 2 is 1.61 bits per heavy atom. The van der Waals surface area contributed by atoms with Crippen molar-refractivity contribution >= 4 is 29.0 Å². The average molecular weight is 268 g/mol. The first-order valence-corrected chi connectivity index (χ1v) is 5.69. The summed E-state index contributed by atoms with van der Waals surface area (Å²) in [4.78, 5) is 23.1. The lowest BCUT2D eigenvalue weighted by Crippen LogP contribution is -2.31. The Hall–Kier alpha value is -1.75. The van der Waals surface area contributed by atoms with Crippen molar-refractivity contribution in [2.24, 2.45) is 5.92 Å². The first-order valence-electron chi connectivity index (χ1n) is 5.28. The molecule has 0 aliphatic rings. The Balaban J connectivity index is 4.65. The van der Waals surface area contributed by atoms with Gasteiger partial charge in [0.1, 0.15) is 24.0 Å². The summed E-state index contributed by atoms with van der Waals surface area (Å²) in [7, 11) is 0. The molecular formula is C13H16O4S. The molecule has 0 aromatic rings. The van der Waals surface area contributed by atoms with Crippen LogP contribution in [0.4, 0.5) is 0 Å². The lowest BCUT2D eigenvalue weighted by atomic mass is 10.0. The Kier molecular flexibility index (Phi) is 8.39. The van der Waals surface area contributed by atoms with E-state index in [1.807, 2.05) is 0 Å². The van der Waals surface area contributed by atoms with Crippen LogP contribution in [0, 0.1) is 5.92 Å². The van der Waals surface area contributed by atoms with Gasteiger partial charge in [-0.3, -0.25) is 4.79 Å². The molecule has 0 aromatic heterocycles. The highest BCUT2D eigenvalue weighted by atomic mass is 32.1. The summed E-state index contributed by atoms with van der Waals surface area (Å²) in [5.74, 6) is -2.16. The molecule has 4 nitrogen and oxygen atoms in total. The topological polar surface area (TPSA) is 52.6 Å². The van der Waals surface area contributed by atoms with Gasteiger partial charge in [0.15, 0.2) is 0 Å². The van der Waals surface area contributed by atoms with Crippen LogP contribution >= 0.6 is 12.2 Å². The predicted molar refractivity (Wildman–Crippen MR) is 73.2 cm³/mol. The van der Waals surface area contributed by atoms with E-state index in [4.69, 9.17) is 21.7 Å². The molecule has 0 aliphatic heterocycles. The van der Waals surface area contributed by atoms with Gasteiger partial charge in [-0.05, 0) is 6.42 Å². The Morgan fingerprint density at radius 1 is 1.06 bits per heavy atom. The lowest BCUT2D eigenvalue weighted by Gasteiger charge is -2.13. The third-order valence-electron chi connectivity index (χ3n) is 1.88. The van der Waals surface area contributed by atoms with Crippen molar-refractivity contribution in [2.45, 2.75) is 6.42 Å². The fraction of sp³-hybridized carbons (Fsp3) is 0.308. The fourth-order valence-corrected chi connectivity index (χ4v) is 1.32. The van der Waals surface area contributed by atoms with E-state index >= 15 is 0 Å². The molecule has 0 aromatic carbocycles. The van der Waals surface area contributed by atoms with Crippen LogP contribution in [0.15, 0.2) is 38.0 Å². The number of carbonyl (C=O) groups excluding carboxylic acids is 2. The van der Waals surface area contributed by atoms with Crippen molar-refractivity contribution in [2.75, 3.05) is 13.2 Å². The predicted octanol–water partition coefficient (Wildman–Crippen LogP) is 2.01. The van der Waals surface area contributed by atoms with Gasteiger partial charge in [-0.2, -0.15) is 0 Å². The van der Waals surface area contributed by atoms with Crippen LogP contribution in [0.5, 0.6) is 0 Å². The van der Waals surface area contributed by atoms with Gasteiger partial charge in [0.25, 0.3) is 0 Å². The summed E-state index contributed by atoms with van der Waals surface area (Å²) in [6, 6.07) is 0. The normalized spacial score (nSPS) is 10.9. The zero-order valence-electron chi connectivity index (χ0n) is 10.1. The minimum absolute atomic E-state index is 0.0431. The number of thiocarbonyl (C=S) groups is 1. The maximum absolute atomic E-state index is 11.7. The van der Waals surface area contributed by atoms with Crippen LogP contribution < -0.4 is 0 Å². The summed E-state index contributed by atoms with van der Waals surface area (Å²) in [6.07, 6.45) is 4.56. The number of hydrogen-bond acceptors (Lipinski definition) is 5. The van der Waals surface area contributed by atoms with Gasteiger partial charge >= 0.3 is 11.9 Å². The summed E-state index contributed by atoms with van der Waals surface area (Å²) < 4.78 is 9.64. The van der Waals surface area contributed by atoms with Crippen LogP contribution in [0.2, 0.25) is 0 Å². The summed E-state index contributed by atoms with van der Waals surface area (Å²) in [5, 5.41) is 0. The van der Waals surface area contributed by atoms with Gasteiger partial charge in [0.05, 0.1) is 0 Å². The van der Waals surface area contributed by atoms with Crippen molar-refractivity contribution in [1.82, 2.24) is 0 Å². The van der Waals surface area contributed by atoms with Crippen LogP contribution in [-0.4, -0.2) is 30.0 Å². The maximum atomic E-state index is 11.7. The molecule has 0 fully saturated rings. The molecule has 0 bridgehead atoms. The fourth-order valence-electron chi connectivity index (χ4n) is 1.07. The zero-order valence-corrected chi connectivity index (χ0v) is 10.9. The zero-order chi connectivity index (χ0) is 14.0. The molecule has 0 radical (unpaired) electrons. The van der Waals surface area contributed by atoms with E-state index in [9.17, 15) is 9.59 Å². The SMILES string of the molecule is C=CCOC(=O)C(=S)C(CC=C)C(=O)OCC=C. The van der Waals surface area contributed by atoms with E-state index in [2.05, 4.69) is 19.7 Å². The Bertz CT molecular complexity index is 360. The third kappa shape index (κ3) is 5.54. The molecule has 1 atom stereocenters. The van der Waals surface area contributed by atoms with Crippen molar-refractivity contribution < 1.29 is 19.1 Å². The molecule has 18 heavy (non-hydrogen) atoms. The van der Waals surface area contributed by atoms with Crippen LogP contribution in [0.3, 0.4) is 0 Å². The number of esters is 2. The molecule has 0 N–H and O–H groups in total. The molecule has 0 rings (SSSR count). The molecule has 5 heteroatoms. The molecule has 0 amide bonds. The standard InChI is InChI=1S/C13H16O4S/c1-4-7-10(12(14)16-8-5-2)11(18)13(15)17-9-6-3/h4-6,10H,1-3,7-9H2.